The fraction of sp³-hybridized carbons (Fsp3) is 0.817. The summed E-state index contributed by atoms with van der Waals surface area (Å²) < 4.78 is 27.4. The molecule has 0 bridgehead atoms. The number of ketones is 1. The largest absolute Gasteiger partial charge is 0.485 e. The first-order valence-electron chi connectivity index (χ1n) is 33.9. The molecule has 5 nitrogen and oxygen atoms in total. The Bertz CT molecular complexity index is 1560. The summed E-state index contributed by atoms with van der Waals surface area (Å²) in [6, 6.07) is 13.9. The van der Waals surface area contributed by atoms with Gasteiger partial charge in [-0.25, -0.2) is 0 Å². The summed E-state index contributed by atoms with van der Waals surface area (Å²) in [5.41, 5.74) is 3.46. The third kappa shape index (κ3) is 32.8. The molecule has 1 aliphatic carbocycles. The summed E-state index contributed by atoms with van der Waals surface area (Å²) in [5, 5.41) is 0. The molecule has 76 heavy (non-hydrogen) atoms. The highest BCUT2D eigenvalue weighted by Gasteiger charge is 2.41. The summed E-state index contributed by atoms with van der Waals surface area (Å²) in [6.45, 7) is 11.3. The van der Waals surface area contributed by atoms with E-state index in [1.54, 1.807) is 0 Å². The smallest absolute Gasteiger partial charge is 0.229 e. The lowest BCUT2D eigenvalue weighted by Gasteiger charge is -2.38. The van der Waals surface area contributed by atoms with Crippen LogP contribution < -0.4 is 4.74 Å². The third-order valence-electron chi connectivity index (χ3n) is 16.8. The van der Waals surface area contributed by atoms with Crippen LogP contribution in [0.4, 0.5) is 0 Å². The number of unbranched alkanes of at least 4 members (excludes halogenated alkanes) is 45. The van der Waals surface area contributed by atoms with Crippen molar-refractivity contribution in [3.8, 4) is 16.9 Å². The van der Waals surface area contributed by atoms with Gasteiger partial charge in [-0.2, -0.15) is 0 Å². The summed E-state index contributed by atoms with van der Waals surface area (Å²) >= 11 is 0. The molecule has 1 aliphatic rings. The fourth-order valence-corrected chi connectivity index (χ4v) is 11.6. The van der Waals surface area contributed by atoms with Crippen molar-refractivity contribution < 1.29 is 23.7 Å². The Balaban J connectivity index is 1.50. The molecule has 0 fully saturated rings. The average molecular weight is 1060 g/mol. The SMILES string of the molecule is CCCCCCCCCCCCCCCCCCOCC(OCCCCCCCCCCCCCCCCCC)(OCCCCCCCCCCCCCCCCCC)C(C)Oc1ccc2c(c1)C(=O)c1ccccc1-2. The van der Waals surface area contributed by atoms with Crippen molar-refractivity contribution in [1.29, 1.82) is 0 Å². The van der Waals surface area contributed by atoms with Gasteiger partial charge >= 0.3 is 0 Å². The molecule has 0 N–H and O–H groups in total. The molecule has 438 valence electrons. The number of ether oxygens (including phenoxy) is 4. The highest BCUT2D eigenvalue weighted by molar-refractivity contribution is 6.21. The molecule has 0 radical (unpaired) electrons. The summed E-state index contributed by atoms with van der Waals surface area (Å²) in [7, 11) is 0. The maximum Gasteiger partial charge on any atom is 0.229 e. The first-order chi connectivity index (χ1) is 37.6. The summed E-state index contributed by atoms with van der Waals surface area (Å²) in [6.07, 6.45) is 64.3. The second-order valence-electron chi connectivity index (χ2n) is 23.8. The van der Waals surface area contributed by atoms with Crippen molar-refractivity contribution in [3.05, 3.63) is 53.6 Å². The van der Waals surface area contributed by atoms with E-state index >= 15 is 0 Å². The topological polar surface area (TPSA) is 54.0 Å². The minimum absolute atomic E-state index is 0.0663. The normalized spacial score (nSPS) is 12.7. The van der Waals surface area contributed by atoms with E-state index in [0.717, 1.165) is 48.8 Å². The quantitative estimate of drug-likeness (QED) is 0.0416. The Morgan fingerprint density at radius 1 is 0.342 bits per heavy atom. The van der Waals surface area contributed by atoms with Crippen LogP contribution in [0.2, 0.25) is 0 Å². The van der Waals surface area contributed by atoms with E-state index in [1.807, 2.05) is 42.5 Å². The third-order valence-corrected chi connectivity index (χ3v) is 16.8. The lowest BCUT2D eigenvalue weighted by atomic mass is 10.0. The number of benzene rings is 2. The number of carbonyl (C=O) groups is 1. The second-order valence-corrected chi connectivity index (χ2v) is 23.8. The van der Waals surface area contributed by atoms with Gasteiger partial charge in [0.15, 0.2) is 11.9 Å². The van der Waals surface area contributed by atoms with E-state index in [4.69, 9.17) is 18.9 Å². The highest BCUT2D eigenvalue weighted by Crippen LogP contribution is 2.39. The van der Waals surface area contributed by atoms with Gasteiger partial charge in [0.25, 0.3) is 0 Å². The maximum absolute atomic E-state index is 13.6. The molecule has 0 spiro atoms. The Hall–Kier alpha value is -2.21. The highest BCUT2D eigenvalue weighted by atomic mass is 16.7. The zero-order valence-electron chi connectivity index (χ0n) is 50.9. The summed E-state index contributed by atoms with van der Waals surface area (Å²) in [5.74, 6) is -0.310. The van der Waals surface area contributed by atoms with Gasteiger partial charge in [0, 0.05) is 17.7 Å². The zero-order chi connectivity index (χ0) is 54.1. The number of fused-ring (bicyclic) bond motifs is 3. The first kappa shape index (κ1) is 68.1. The van der Waals surface area contributed by atoms with Crippen LogP contribution in [-0.4, -0.2) is 44.1 Å². The van der Waals surface area contributed by atoms with Gasteiger partial charge in [-0.1, -0.05) is 334 Å². The van der Waals surface area contributed by atoms with E-state index in [1.165, 1.54) is 276 Å². The van der Waals surface area contributed by atoms with Crippen LogP contribution in [0.25, 0.3) is 11.1 Å². The van der Waals surface area contributed by atoms with E-state index in [2.05, 4.69) is 27.7 Å². The van der Waals surface area contributed by atoms with Crippen LogP contribution in [0, 0.1) is 0 Å². The van der Waals surface area contributed by atoms with Crippen LogP contribution in [0.3, 0.4) is 0 Å². The number of rotatable bonds is 58. The van der Waals surface area contributed by atoms with Crippen molar-refractivity contribution >= 4 is 5.78 Å². The summed E-state index contributed by atoms with van der Waals surface area (Å²) in [4.78, 5) is 13.6. The molecule has 0 heterocycles. The van der Waals surface area contributed by atoms with Crippen LogP contribution in [0.1, 0.15) is 352 Å². The van der Waals surface area contributed by atoms with Crippen LogP contribution >= 0.6 is 0 Å². The first-order valence-corrected chi connectivity index (χ1v) is 33.9. The second kappa shape index (κ2) is 48.7. The van der Waals surface area contributed by atoms with Crippen molar-refractivity contribution in [2.75, 3.05) is 26.4 Å². The van der Waals surface area contributed by atoms with Gasteiger partial charge in [0.2, 0.25) is 5.79 Å². The molecule has 0 amide bonds. The molecule has 5 heteroatoms. The zero-order valence-corrected chi connectivity index (χ0v) is 50.9. The predicted molar refractivity (Wildman–Crippen MR) is 329 cm³/mol. The van der Waals surface area contributed by atoms with E-state index < -0.39 is 11.9 Å². The van der Waals surface area contributed by atoms with Gasteiger partial charge in [-0.3, -0.25) is 4.79 Å². The van der Waals surface area contributed by atoms with E-state index in [9.17, 15) is 4.79 Å². The monoisotopic (exact) mass is 1060 g/mol. The molecule has 1 unspecified atom stereocenters. The lowest BCUT2D eigenvalue weighted by Crippen LogP contribution is -2.53. The Labute approximate surface area is 472 Å². The minimum Gasteiger partial charge on any atom is -0.485 e. The predicted octanol–water partition coefficient (Wildman–Crippen LogP) is 23.2. The van der Waals surface area contributed by atoms with Gasteiger partial charge in [0.05, 0.1) is 13.2 Å². The van der Waals surface area contributed by atoms with Crippen molar-refractivity contribution in [2.24, 2.45) is 0 Å². The van der Waals surface area contributed by atoms with Gasteiger partial charge in [-0.05, 0) is 55.5 Å². The van der Waals surface area contributed by atoms with Crippen LogP contribution in [0.5, 0.6) is 5.75 Å². The van der Waals surface area contributed by atoms with E-state index in [0.29, 0.717) is 37.7 Å². The molecule has 1 atom stereocenters. The van der Waals surface area contributed by atoms with E-state index in [-0.39, 0.29) is 5.78 Å². The molecule has 0 saturated heterocycles. The molecule has 3 rings (SSSR count). The molecule has 0 aromatic heterocycles. The molecule has 2 aromatic carbocycles. The Morgan fingerprint density at radius 2 is 0.632 bits per heavy atom. The van der Waals surface area contributed by atoms with Crippen molar-refractivity contribution in [3.63, 3.8) is 0 Å². The lowest BCUT2D eigenvalue weighted by molar-refractivity contribution is -0.295. The standard InChI is InChI=1S/C71H124O5/c1-5-8-11-14-17-20-23-26-29-32-35-38-41-44-47-52-59-73-63-71(74-60-53-48-45-42-39-36-33-30-27-24-21-18-15-12-9-6-2,75-61-54-49-46-43-40-37-34-31-28-25-22-19-16-13-10-7-3)64(4)76-65-57-58-67-66-55-50-51-56-68(66)70(72)69(67)62-65/h50-51,55-58,62,64H,5-49,52-54,59-61,63H2,1-4H3. The number of hydrogen-bond acceptors (Lipinski definition) is 5. The number of carbonyl (C=O) groups excluding carboxylic acids is 1. The van der Waals surface area contributed by atoms with Crippen molar-refractivity contribution in [1.82, 2.24) is 0 Å². The number of hydrogen-bond donors (Lipinski definition) is 0. The molecule has 0 saturated carbocycles. The fourth-order valence-electron chi connectivity index (χ4n) is 11.6. The maximum atomic E-state index is 13.6. The Morgan fingerprint density at radius 3 is 0.974 bits per heavy atom. The molecule has 0 aliphatic heterocycles. The van der Waals surface area contributed by atoms with Gasteiger partial charge in [-0.15, -0.1) is 0 Å². The van der Waals surface area contributed by atoms with Crippen molar-refractivity contribution in [2.45, 2.75) is 348 Å². The minimum atomic E-state index is -1.05. The van der Waals surface area contributed by atoms with Crippen LogP contribution in [-0.2, 0) is 14.2 Å². The van der Waals surface area contributed by atoms with Crippen LogP contribution in [0.15, 0.2) is 42.5 Å². The molecular weight excluding hydrogens is 933 g/mol. The molecule has 2 aromatic rings. The van der Waals surface area contributed by atoms with Gasteiger partial charge < -0.3 is 18.9 Å². The van der Waals surface area contributed by atoms with Gasteiger partial charge in [0.1, 0.15) is 12.4 Å². The average Bonchev–Trinajstić information content (AvgIpc) is 3.74. The molecular formula is C71H124O5. The Kier molecular flexibility index (Phi) is 43.6.